The lowest BCUT2D eigenvalue weighted by molar-refractivity contribution is 0.598. The van der Waals surface area contributed by atoms with Crippen molar-refractivity contribution in [2.45, 2.75) is 25.2 Å². The Kier molecular flexibility index (Phi) is 3.45. The lowest BCUT2D eigenvalue weighted by atomic mass is 10.2. The maximum absolute atomic E-state index is 11.4. The first-order chi connectivity index (χ1) is 8.38. The summed E-state index contributed by atoms with van der Waals surface area (Å²) in [5.74, 6) is 0. The summed E-state index contributed by atoms with van der Waals surface area (Å²) >= 11 is 0. The van der Waals surface area contributed by atoms with Crippen LogP contribution < -0.4 is 10.0 Å². The quantitative estimate of drug-likeness (QED) is 0.846. The normalized spacial score (nSPS) is 14.5. The number of nitrogens with two attached hydrogens (primary N) is 1. The lowest BCUT2D eigenvalue weighted by Gasteiger charge is -2.18. The first-order valence-electron chi connectivity index (χ1n) is 5.92. The largest absolute Gasteiger partial charge is 0.367 e. The van der Waals surface area contributed by atoms with E-state index < -0.39 is 10.0 Å². The number of nitrogens with zero attached hydrogens (tertiary/aromatic N) is 1. The molecule has 0 spiro atoms. The third-order valence-electron chi connectivity index (χ3n) is 3.10. The summed E-state index contributed by atoms with van der Waals surface area (Å²) < 4.78 is 22.7. The molecule has 4 nitrogen and oxygen atoms in total. The van der Waals surface area contributed by atoms with E-state index in [4.69, 9.17) is 5.14 Å². The van der Waals surface area contributed by atoms with E-state index in [0.717, 1.165) is 25.2 Å². The minimum absolute atomic E-state index is 0.186. The van der Waals surface area contributed by atoms with Gasteiger partial charge >= 0.3 is 0 Å². The Balaban J connectivity index is 2.34. The minimum atomic E-state index is -3.62. The van der Waals surface area contributed by atoms with Crippen LogP contribution in [0.4, 0.5) is 5.69 Å². The molecule has 2 rings (SSSR count). The molecule has 18 heavy (non-hydrogen) atoms. The van der Waals surface area contributed by atoms with Crippen molar-refractivity contribution < 1.29 is 8.42 Å². The van der Waals surface area contributed by atoms with Gasteiger partial charge in [-0.05, 0) is 38.0 Å². The second-order valence-corrected chi connectivity index (χ2v) is 6.37. The second-order valence-electron chi connectivity index (χ2n) is 4.81. The fourth-order valence-corrected chi connectivity index (χ4v) is 2.62. The van der Waals surface area contributed by atoms with Crippen LogP contribution in [0.1, 0.15) is 19.4 Å². The summed E-state index contributed by atoms with van der Waals surface area (Å²) in [6.45, 7) is 5.84. The molecule has 1 aromatic carbocycles. The van der Waals surface area contributed by atoms with E-state index in [1.165, 1.54) is 11.1 Å². The van der Waals surface area contributed by atoms with Gasteiger partial charge in [-0.1, -0.05) is 17.7 Å². The van der Waals surface area contributed by atoms with Gasteiger partial charge in [0.05, 0.1) is 4.90 Å². The first kappa shape index (κ1) is 13.1. The molecule has 0 aliphatic carbocycles. The first-order valence-corrected chi connectivity index (χ1v) is 7.46. The van der Waals surface area contributed by atoms with E-state index in [9.17, 15) is 8.42 Å². The number of fused-ring (bicyclic) bond motifs is 1. The van der Waals surface area contributed by atoms with Gasteiger partial charge in [0.2, 0.25) is 10.0 Å². The SMILES string of the molecule is CC(C)=CCN1CCc2ccc(S(N)(=O)=O)cc21. The molecule has 0 saturated heterocycles. The standard InChI is InChI=1S/C13H18N2O2S/c1-10(2)5-7-15-8-6-11-3-4-12(9-13(11)15)18(14,16)17/h3-5,9H,6-8H2,1-2H3,(H2,14,16,17). The van der Waals surface area contributed by atoms with E-state index in [1.54, 1.807) is 12.1 Å². The summed E-state index contributed by atoms with van der Waals surface area (Å²) in [6, 6.07) is 5.12. The number of allylic oxidation sites excluding steroid dienone is 1. The van der Waals surface area contributed by atoms with Gasteiger partial charge in [0.1, 0.15) is 0 Å². The fraction of sp³-hybridized carbons (Fsp3) is 0.385. The Morgan fingerprint density at radius 3 is 2.78 bits per heavy atom. The van der Waals surface area contributed by atoms with E-state index in [-0.39, 0.29) is 4.90 Å². The summed E-state index contributed by atoms with van der Waals surface area (Å²) in [7, 11) is -3.62. The maximum Gasteiger partial charge on any atom is 0.238 e. The molecule has 0 bridgehead atoms. The summed E-state index contributed by atoms with van der Waals surface area (Å²) in [6.07, 6.45) is 3.09. The molecule has 5 heteroatoms. The third kappa shape index (κ3) is 2.73. The molecule has 0 atom stereocenters. The molecule has 0 fully saturated rings. The highest BCUT2D eigenvalue weighted by Gasteiger charge is 2.20. The van der Waals surface area contributed by atoms with Crippen LogP contribution in [0.25, 0.3) is 0 Å². The van der Waals surface area contributed by atoms with Crippen molar-refractivity contribution in [3.05, 3.63) is 35.4 Å². The number of hydrogen-bond acceptors (Lipinski definition) is 3. The lowest BCUT2D eigenvalue weighted by Crippen LogP contribution is -2.21. The fourth-order valence-electron chi connectivity index (χ4n) is 2.08. The highest BCUT2D eigenvalue weighted by atomic mass is 32.2. The number of primary sulfonamides is 1. The van der Waals surface area contributed by atoms with Crippen LogP contribution in [-0.2, 0) is 16.4 Å². The van der Waals surface area contributed by atoms with E-state index in [2.05, 4.69) is 24.8 Å². The van der Waals surface area contributed by atoms with Gasteiger partial charge in [0.15, 0.2) is 0 Å². The van der Waals surface area contributed by atoms with Crippen molar-refractivity contribution in [3.8, 4) is 0 Å². The smallest absolute Gasteiger partial charge is 0.238 e. The predicted molar refractivity (Wildman–Crippen MR) is 73.2 cm³/mol. The van der Waals surface area contributed by atoms with Crippen LogP contribution in [0, 0.1) is 0 Å². The Bertz CT molecular complexity index is 587. The molecule has 1 aromatic rings. The number of rotatable bonds is 3. The zero-order valence-corrected chi connectivity index (χ0v) is 11.5. The molecule has 0 radical (unpaired) electrons. The van der Waals surface area contributed by atoms with Crippen molar-refractivity contribution in [1.82, 2.24) is 0 Å². The van der Waals surface area contributed by atoms with Crippen molar-refractivity contribution in [3.63, 3.8) is 0 Å². The second kappa shape index (κ2) is 4.74. The van der Waals surface area contributed by atoms with Gasteiger partial charge in [-0.15, -0.1) is 0 Å². The highest BCUT2D eigenvalue weighted by Crippen LogP contribution is 2.30. The maximum atomic E-state index is 11.4. The topological polar surface area (TPSA) is 63.4 Å². The van der Waals surface area contributed by atoms with Gasteiger partial charge < -0.3 is 4.90 Å². The van der Waals surface area contributed by atoms with Crippen LogP contribution in [0.5, 0.6) is 0 Å². The van der Waals surface area contributed by atoms with Crippen LogP contribution in [0.15, 0.2) is 34.7 Å². The Labute approximate surface area is 108 Å². The average Bonchev–Trinajstić information content (AvgIpc) is 2.67. The minimum Gasteiger partial charge on any atom is -0.367 e. The highest BCUT2D eigenvalue weighted by molar-refractivity contribution is 7.89. The molecule has 0 amide bonds. The van der Waals surface area contributed by atoms with Gasteiger partial charge in [0, 0.05) is 18.8 Å². The Hall–Kier alpha value is -1.33. The average molecular weight is 266 g/mol. The van der Waals surface area contributed by atoms with Crippen LogP contribution in [-0.4, -0.2) is 21.5 Å². The number of anilines is 1. The van der Waals surface area contributed by atoms with E-state index in [0.29, 0.717) is 0 Å². The zero-order valence-electron chi connectivity index (χ0n) is 10.7. The van der Waals surface area contributed by atoms with Crippen molar-refractivity contribution in [2.75, 3.05) is 18.0 Å². The Morgan fingerprint density at radius 1 is 1.44 bits per heavy atom. The summed E-state index contributed by atoms with van der Waals surface area (Å²) in [5, 5.41) is 5.16. The van der Waals surface area contributed by atoms with Crippen molar-refractivity contribution >= 4 is 15.7 Å². The molecule has 0 unspecified atom stereocenters. The number of hydrogen-bond donors (Lipinski definition) is 1. The molecule has 1 heterocycles. The van der Waals surface area contributed by atoms with Crippen LogP contribution in [0.3, 0.4) is 0 Å². The summed E-state index contributed by atoms with van der Waals surface area (Å²) in [4.78, 5) is 2.36. The van der Waals surface area contributed by atoms with E-state index in [1.807, 2.05) is 6.07 Å². The summed E-state index contributed by atoms with van der Waals surface area (Å²) in [5.41, 5.74) is 3.43. The number of benzene rings is 1. The molecule has 2 N–H and O–H groups in total. The molecule has 1 aliphatic rings. The van der Waals surface area contributed by atoms with Gasteiger partial charge in [-0.2, -0.15) is 0 Å². The third-order valence-corrected chi connectivity index (χ3v) is 4.01. The van der Waals surface area contributed by atoms with Crippen molar-refractivity contribution in [1.29, 1.82) is 0 Å². The van der Waals surface area contributed by atoms with Crippen LogP contribution >= 0.6 is 0 Å². The van der Waals surface area contributed by atoms with E-state index >= 15 is 0 Å². The molecule has 1 aliphatic heterocycles. The predicted octanol–water partition coefficient (Wildman–Crippen LogP) is 1.66. The molecular weight excluding hydrogens is 248 g/mol. The van der Waals surface area contributed by atoms with Gasteiger partial charge in [-0.25, -0.2) is 13.6 Å². The molecule has 98 valence electrons. The van der Waals surface area contributed by atoms with Gasteiger partial charge in [-0.3, -0.25) is 0 Å². The van der Waals surface area contributed by atoms with Crippen LogP contribution in [0.2, 0.25) is 0 Å². The molecular formula is C13H18N2O2S. The number of sulfonamides is 1. The zero-order chi connectivity index (χ0) is 13.3. The molecule has 0 saturated carbocycles. The van der Waals surface area contributed by atoms with Gasteiger partial charge in [0.25, 0.3) is 0 Å². The molecule has 0 aromatic heterocycles. The Morgan fingerprint density at radius 2 is 2.17 bits per heavy atom. The monoisotopic (exact) mass is 266 g/mol. The van der Waals surface area contributed by atoms with Crippen molar-refractivity contribution in [2.24, 2.45) is 5.14 Å².